The van der Waals surface area contributed by atoms with Crippen molar-refractivity contribution in [2.45, 2.75) is 13.3 Å². The van der Waals surface area contributed by atoms with Crippen LogP contribution in [0.4, 0.5) is 11.4 Å². The second kappa shape index (κ2) is 10.0. The SMILES string of the molecule is COC(=O)c1ccc(NC(=O)CCN(C(C)=O)c2cccc(C(=O)OC)c2)cc1. The first-order valence-electron chi connectivity index (χ1n) is 8.80. The van der Waals surface area contributed by atoms with Crippen molar-refractivity contribution in [1.29, 1.82) is 0 Å². The van der Waals surface area contributed by atoms with Gasteiger partial charge in [0.2, 0.25) is 11.8 Å². The summed E-state index contributed by atoms with van der Waals surface area (Å²) in [5.74, 6) is -1.54. The Hall–Kier alpha value is -3.68. The van der Waals surface area contributed by atoms with E-state index < -0.39 is 11.9 Å². The number of hydrogen-bond acceptors (Lipinski definition) is 6. The molecule has 0 fully saturated rings. The van der Waals surface area contributed by atoms with Crippen molar-refractivity contribution >= 4 is 35.1 Å². The molecule has 0 bridgehead atoms. The third-order valence-corrected chi connectivity index (χ3v) is 4.11. The van der Waals surface area contributed by atoms with E-state index in [1.165, 1.54) is 32.1 Å². The number of nitrogens with one attached hydrogen (secondary N) is 1. The summed E-state index contributed by atoms with van der Waals surface area (Å²) in [5, 5.41) is 2.71. The quantitative estimate of drug-likeness (QED) is 0.720. The van der Waals surface area contributed by atoms with Gasteiger partial charge in [-0.3, -0.25) is 9.59 Å². The molecule has 2 amide bonds. The highest BCUT2D eigenvalue weighted by molar-refractivity contribution is 5.97. The van der Waals surface area contributed by atoms with Crippen LogP contribution in [0.3, 0.4) is 0 Å². The van der Waals surface area contributed by atoms with E-state index in [0.29, 0.717) is 22.5 Å². The number of amides is 2. The minimum absolute atomic E-state index is 0.0424. The molecule has 2 aromatic rings. The molecule has 8 nitrogen and oxygen atoms in total. The molecule has 29 heavy (non-hydrogen) atoms. The van der Waals surface area contributed by atoms with Gasteiger partial charge in [-0.1, -0.05) is 6.07 Å². The average Bonchev–Trinajstić information content (AvgIpc) is 2.73. The van der Waals surface area contributed by atoms with E-state index >= 15 is 0 Å². The number of ether oxygens (including phenoxy) is 2. The second-order valence-corrected chi connectivity index (χ2v) is 6.08. The third kappa shape index (κ3) is 5.90. The number of anilines is 2. The highest BCUT2D eigenvalue weighted by atomic mass is 16.5. The highest BCUT2D eigenvalue weighted by Crippen LogP contribution is 2.18. The molecule has 0 aromatic heterocycles. The summed E-state index contributed by atoms with van der Waals surface area (Å²) in [7, 11) is 2.57. The van der Waals surface area contributed by atoms with E-state index in [0.717, 1.165) is 0 Å². The van der Waals surface area contributed by atoms with Crippen LogP contribution in [-0.2, 0) is 19.1 Å². The molecule has 0 saturated carbocycles. The predicted molar refractivity (Wildman–Crippen MR) is 107 cm³/mol. The molecule has 1 N–H and O–H groups in total. The standard InChI is InChI=1S/C21H22N2O6/c1-14(24)23(18-6-4-5-16(13-18)21(27)29-3)12-11-19(25)22-17-9-7-15(8-10-17)20(26)28-2/h4-10,13H,11-12H2,1-3H3,(H,22,25). The van der Waals surface area contributed by atoms with Gasteiger partial charge in [-0.15, -0.1) is 0 Å². The number of nitrogens with zero attached hydrogens (tertiary/aromatic N) is 1. The maximum absolute atomic E-state index is 12.3. The number of hydrogen-bond donors (Lipinski definition) is 1. The lowest BCUT2D eigenvalue weighted by molar-refractivity contribution is -0.117. The van der Waals surface area contributed by atoms with Crippen LogP contribution in [0, 0.1) is 0 Å². The largest absolute Gasteiger partial charge is 0.465 e. The average molecular weight is 398 g/mol. The zero-order chi connectivity index (χ0) is 21.4. The Morgan fingerprint density at radius 2 is 1.52 bits per heavy atom. The molecule has 152 valence electrons. The van der Waals surface area contributed by atoms with Crippen LogP contribution in [-0.4, -0.2) is 44.5 Å². The van der Waals surface area contributed by atoms with Crippen LogP contribution >= 0.6 is 0 Å². The van der Waals surface area contributed by atoms with Crippen molar-refractivity contribution < 1.29 is 28.7 Å². The Balaban J connectivity index is 2.02. The molecule has 2 rings (SSSR count). The topological polar surface area (TPSA) is 102 Å². The molecule has 0 heterocycles. The van der Waals surface area contributed by atoms with E-state index in [1.807, 2.05) is 0 Å². The van der Waals surface area contributed by atoms with Gasteiger partial charge in [-0.25, -0.2) is 9.59 Å². The fourth-order valence-corrected chi connectivity index (χ4v) is 2.63. The minimum atomic E-state index is -0.511. The number of carbonyl (C=O) groups is 4. The molecule has 0 aliphatic carbocycles. The molecule has 8 heteroatoms. The van der Waals surface area contributed by atoms with Crippen molar-refractivity contribution in [3.63, 3.8) is 0 Å². The van der Waals surface area contributed by atoms with Crippen molar-refractivity contribution in [1.82, 2.24) is 0 Å². The van der Waals surface area contributed by atoms with Gasteiger partial charge in [-0.2, -0.15) is 0 Å². The molecule has 0 saturated heterocycles. The van der Waals surface area contributed by atoms with Gasteiger partial charge in [0.05, 0.1) is 25.3 Å². The van der Waals surface area contributed by atoms with Gasteiger partial charge in [0, 0.05) is 31.3 Å². The first-order valence-corrected chi connectivity index (χ1v) is 8.80. The summed E-state index contributed by atoms with van der Waals surface area (Å²) < 4.78 is 9.32. The summed E-state index contributed by atoms with van der Waals surface area (Å²) in [6, 6.07) is 12.7. The van der Waals surface area contributed by atoms with Gasteiger partial charge in [0.15, 0.2) is 0 Å². The summed E-state index contributed by atoms with van der Waals surface area (Å²) in [4.78, 5) is 48.8. The van der Waals surface area contributed by atoms with Crippen molar-refractivity contribution in [2.24, 2.45) is 0 Å². The smallest absolute Gasteiger partial charge is 0.337 e. The van der Waals surface area contributed by atoms with Crippen LogP contribution < -0.4 is 10.2 Å². The lowest BCUT2D eigenvalue weighted by atomic mass is 10.1. The number of methoxy groups -OCH3 is 2. The zero-order valence-corrected chi connectivity index (χ0v) is 16.4. The van der Waals surface area contributed by atoms with Crippen LogP contribution in [0.25, 0.3) is 0 Å². The molecule has 0 aliphatic heterocycles. The Bertz CT molecular complexity index is 908. The number of carbonyl (C=O) groups excluding carboxylic acids is 4. The molecule has 0 unspecified atom stereocenters. The third-order valence-electron chi connectivity index (χ3n) is 4.11. The van der Waals surface area contributed by atoms with Crippen molar-refractivity contribution in [3.8, 4) is 0 Å². The Labute approximate surface area is 168 Å². The fourth-order valence-electron chi connectivity index (χ4n) is 2.63. The van der Waals surface area contributed by atoms with Gasteiger partial charge in [0.1, 0.15) is 0 Å². The lowest BCUT2D eigenvalue weighted by Gasteiger charge is -2.21. The first-order chi connectivity index (χ1) is 13.8. The maximum Gasteiger partial charge on any atom is 0.337 e. The Morgan fingerprint density at radius 1 is 0.897 bits per heavy atom. The molecule has 0 spiro atoms. The Kier molecular flexibility index (Phi) is 7.47. The second-order valence-electron chi connectivity index (χ2n) is 6.08. The van der Waals surface area contributed by atoms with Gasteiger partial charge in [0.25, 0.3) is 0 Å². The number of esters is 2. The van der Waals surface area contributed by atoms with Crippen LogP contribution in [0.2, 0.25) is 0 Å². The highest BCUT2D eigenvalue weighted by Gasteiger charge is 2.16. The number of rotatable bonds is 7. The van der Waals surface area contributed by atoms with E-state index in [1.54, 1.807) is 42.5 Å². The molecular formula is C21H22N2O6. The molecule has 0 aliphatic rings. The summed E-state index contributed by atoms with van der Waals surface area (Å²) in [5.41, 5.74) is 1.70. The fraction of sp³-hybridized carbons (Fsp3) is 0.238. The van der Waals surface area contributed by atoms with E-state index in [-0.39, 0.29) is 24.8 Å². The Morgan fingerprint density at radius 3 is 2.10 bits per heavy atom. The predicted octanol–water partition coefficient (Wildman–Crippen LogP) is 2.64. The van der Waals surface area contributed by atoms with Gasteiger partial charge < -0.3 is 19.7 Å². The minimum Gasteiger partial charge on any atom is -0.465 e. The van der Waals surface area contributed by atoms with Crippen LogP contribution in [0.5, 0.6) is 0 Å². The van der Waals surface area contributed by atoms with Crippen molar-refractivity contribution in [3.05, 3.63) is 59.7 Å². The lowest BCUT2D eigenvalue weighted by Crippen LogP contribution is -2.32. The summed E-state index contributed by atoms with van der Waals surface area (Å²) in [6.07, 6.45) is 0.0424. The van der Waals surface area contributed by atoms with Gasteiger partial charge in [-0.05, 0) is 42.5 Å². The molecule has 0 radical (unpaired) electrons. The summed E-state index contributed by atoms with van der Waals surface area (Å²) in [6.45, 7) is 1.51. The monoisotopic (exact) mass is 398 g/mol. The first kappa shape index (κ1) is 21.6. The van der Waals surface area contributed by atoms with Crippen molar-refractivity contribution in [2.75, 3.05) is 31.0 Å². The normalized spacial score (nSPS) is 10.0. The van der Waals surface area contributed by atoms with E-state index in [4.69, 9.17) is 4.74 Å². The van der Waals surface area contributed by atoms with E-state index in [9.17, 15) is 19.2 Å². The number of benzene rings is 2. The van der Waals surface area contributed by atoms with Gasteiger partial charge >= 0.3 is 11.9 Å². The zero-order valence-electron chi connectivity index (χ0n) is 16.4. The van der Waals surface area contributed by atoms with Crippen LogP contribution in [0.1, 0.15) is 34.1 Å². The van der Waals surface area contributed by atoms with Crippen LogP contribution in [0.15, 0.2) is 48.5 Å². The molecular weight excluding hydrogens is 376 g/mol. The molecule has 0 atom stereocenters. The summed E-state index contributed by atoms with van der Waals surface area (Å²) >= 11 is 0. The molecule has 2 aromatic carbocycles. The maximum atomic E-state index is 12.3. The van der Waals surface area contributed by atoms with E-state index in [2.05, 4.69) is 10.1 Å².